The molecule has 2 rings (SSSR count). The van der Waals surface area contributed by atoms with E-state index >= 15 is 0 Å². The number of carbonyl (C=O) groups excluding carboxylic acids is 1. The fraction of sp³-hybridized carbons (Fsp3) is 0.462. The molecule has 0 aliphatic heterocycles. The number of benzene rings is 1. The molecule has 0 radical (unpaired) electrons. The van der Waals surface area contributed by atoms with Gasteiger partial charge in [0, 0.05) is 12.0 Å². The third-order valence-electron chi connectivity index (χ3n) is 3.26. The van der Waals surface area contributed by atoms with E-state index in [1.165, 1.54) is 0 Å². The Balaban J connectivity index is 2.00. The van der Waals surface area contributed by atoms with Crippen molar-refractivity contribution in [3.8, 4) is 0 Å². The van der Waals surface area contributed by atoms with Gasteiger partial charge in [-0.05, 0) is 43.9 Å². The zero-order valence-corrected chi connectivity index (χ0v) is 10.7. The Morgan fingerprint density at radius 1 is 1.53 bits per heavy atom. The SMILES string of the molecule is Cc1ccc(Cl)c(NC(=O)CC2(N)CCC2)c1. The zero-order chi connectivity index (χ0) is 12.5. The Morgan fingerprint density at radius 2 is 2.24 bits per heavy atom. The van der Waals surface area contributed by atoms with Gasteiger partial charge in [-0.3, -0.25) is 4.79 Å². The number of aryl methyl sites for hydroxylation is 1. The summed E-state index contributed by atoms with van der Waals surface area (Å²) in [6.07, 6.45) is 3.36. The molecular weight excluding hydrogens is 236 g/mol. The average molecular weight is 253 g/mol. The maximum atomic E-state index is 11.8. The number of nitrogens with one attached hydrogen (secondary N) is 1. The van der Waals surface area contributed by atoms with Crippen LogP contribution in [0.3, 0.4) is 0 Å². The predicted octanol–water partition coefficient (Wildman–Crippen LogP) is 2.86. The number of amides is 1. The highest BCUT2D eigenvalue weighted by molar-refractivity contribution is 6.33. The van der Waals surface area contributed by atoms with Gasteiger partial charge in [0.2, 0.25) is 5.91 Å². The summed E-state index contributed by atoms with van der Waals surface area (Å²) in [5.74, 6) is -0.0558. The van der Waals surface area contributed by atoms with Gasteiger partial charge < -0.3 is 11.1 Å². The molecule has 1 aromatic rings. The number of halogens is 1. The smallest absolute Gasteiger partial charge is 0.226 e. The van der Waals surface area contributed by atoms with Gasteiger partial charge in [0.05, 0.1) is 10.7 Å². The Hall–Kier alpha value is -1.06. The lowest BCUT2D eigenvalue weighted by Crippen LogP contribution is -2.48. The van der Waals surface area contributed by atoms with E-state index in [2.05, 4.69) is 5.32 Å². The maximum absolute atomic E-state index is 11.8. The second-order valence-corrected chi connectivity index (χ2v) is 5.33. The summed E-state index contributed by atoms with van der Waals surface area (Å²) in [6.45, 7) is 1.96. The van der Waals surface area contributed by atoms with Crippen molar-refractivity contribution in [2.75, 3.05) is 5.32 Å². The lowest BCUT2D eigenvalue weighted by molar-refractivity contribution is -0.118. The van der Waals surface area contributed by atoms with Gasteiger partial charge in [-0.1, -0.05) is 17.7 Å². The van der Waals surface area contributed by atoms with Crippen molar-refractivity contribution >= 4 is 23.2 Å². The molecule has 1 amide bonds. The van der Waals surface area contributed by atoms with Crippen LogP contribution in [0.15, 0.2) is 18.2 Å². The van der Waals surface area contributed by atoms with E-state index in [9.17, 15) is 4.79 Å². The minimum Gasteiger partial charge on any atom is -0.325 e. The van der Waals surface area contributed by atoms with Crippen LogP contribution in [0.2, 0.25) is 5.02 Å². The molecule has 92 valence electrons. The Morgan fingerprint density at radius 3 is 2.82 bits per heavy atom. The van der Waals surface area contributed by atoms with Crippen molar-refractivity contribution < 1.29 is 4.79 Å². The number of rotatable bonds is 3. The number of hydrogen-bond donors (Lipinski definition) is 2. The molecule has 3 N–H and O–H groups in total. The molecule has 0 bridgehead atoms. The number of carbonyl (C=O) groups is 1. The van der Waals surface area contributed by atoms with Crippen LogP contribution in [0, 0.1) is 6.92 Å². The van der Waals surface area contributed by atoms with Gasteiger partial charge >= 0.3 is 0 Å². The van der Waals surface area contributed by atoms with E-state index in [1.807, 2.05) is 19.1 Å². The largest absolute Gasteiger partial charge is 0.325 e. The molecule has 0 aromatic heterocycles. The van der Waals surface area contributed by atoms with Gasteiger partial charge in [-0.2, -0.15) is 0 Å². The van der Waals surface area contributed by atoms with E-state index in [1.54, 1.807) is 6.07 Å². The van der Waals surface area contributed by atoms with Gasteiger partial charge in [0.25, 0.3) is 0 Å². The summed E-state index contributed by atoms with van der Waals surface area (Å²) in [4.78, 5) is 11.8. The van der Waals surface area contributed by atoms with E-state index in [0.29, 0.717) is 17.1 Å². The summed E-state index contributed by atoms with van der Waals surface area (Å²) in [6, 6.07) is 5.56. The fourth-order valence-corrected chi connectivity index (χ4v) is 2.22. The Labute approximate surface area is 106 Å². The van der Waals surface area contributed by atoms with E-state index in [-0.39, 0.29) is 11.4 Å². The molecule has 1 fully saturated rings. The molecular formula is C13H17ClN2O. The first-order valence-electron chi connectivity index (χ1n) is 5.83. The monoisotopic (exact) mass is 252 g/mol. The molecule has 1 aliphatic carbocycles. The quantitative estimate of drug-likeness (QED) is 0.869. The first-order valence-corrected chi connectivity index (χ1v) is 6.21. The summed E-state index contributed by atoms with van der Waals surface area (Å²) < 4.78 is 0. The highest BCUT2D eigenvalue weighted by atomic mass is 35.5. The molecule has 0 unspecified atom stereocenters. The first kappa shape index (κ1) is 12.4. The predicted molar refractivity (Wildman–Crippen MR) is 70.2 cm³/mol. The van der Waals surface area contributed by atoms with Crippen LogP contribution in [0.5, 0.6) is 0 Å². The lowest BCUT2D eigenvalue weighted by atomic mass is 9.75. The number of anilines is 1. The van der Waals surface area contributed by atoms with Crippen LogP contribution in [-0.2, 0) is 4.79 Å². The Bertz CT molecular complexity index is 441. The van der Waals surface area contributed by atoms with E-state index in [0.717, 1.165) is 24.8 Å². The second kappa shape index (κ2) is 4.67. The highest BCUT2D eigenvalue weighted by Crippen LogP contribution is 2.32. The molecule has 3 nitrogen and oxygen atoms in total. The Kier molecular flexibility index (Phi) is 3.40. The minimum absolute atomic E-state index is 0.0558. The molecule has 0 spiro atoms. The third kappa shape index (κ3) is 2.99. The summed E-state index contributed by atoms with van der Waals surface area (Å²) in [5.41, 5.74) is 7.47. The van der Waals surface area contributed by atoms with Crippen LogP contribution in [0.1, 0.15) is 31.2 Å². The summed E-state index contributed by atoms with van der Waals surface area (Å²) >= 11 is 6.01. The maximum Gasteiger partial charge on any atom is 0.226 e. The van der Waals surface area contributed by atoms with Crippen LogP contribution >= 0.6 is 11.6 Å². The van der Waals surface area contributed by atoms with E-state index < -0.39 is 0 Å². The van der Waals surface area contributed by atoms with E-state index in [4.69, 9.17) is 17.3 Å². The third-order valence-corrected chi connectivity index (χ3v) is 3.59. The van der Waals surface area contributed by atoms with Gasteiger partial charge in [0.1, 0.15) is 0 Å². The molecule has 1 aromatic carbocycles. The van der Waals surface area contributed by atoms with Crippen molar-refractivity contribution in [3.05, 3.63) is 28.8 Å². The van der Waals surface area contributed by atoms with Crippen LogP contribution < -0.4 is 11.1 Å². The highest BCUT2D eigenvalue weighted by Gasteiger charge is 2.34. The molecule has 1 aliphatic rings. The molecule has 1 saturated carbocycles. The average Bonchev–Trinajstić information content (AvgIpc) is 2.21. The lowest BCUT2D eigenvalue weighted by Gasteiger charge is -2.37. The van der Waals surface area contributed by atoms with Gasteiger partial charge in [0.15, 0.2) is 0 Å². The van der Waals surface area contributed by atoms with Crippen LogP contribution in [-0.4, -0.2) is 11.4 Å². The number of hydrogen-bond acceptors (Lipinski definition) is 2. The minimum atomic E-state index is -0.291. The van der Waals surface area contributed by atoms with Gasteiger partial charge in [-0.15, -0.1) is 0 Å². The van der Waals surface area contributed by atoms with Crippen LogP contribution in [0.4, 0.5) is 5.69 Å². The molecule has 0 saturated heterocycles. The van der Waals surface area contributed by atoms with Gasteiger partial charge in [-0.25, -0.2) is 0 Å². The molecule has 0 atom stereocenters. The second-order valence-electron chi connectivity index (χ2n) is 4.92. The first-order chi connectivity index (χ1) is 7.98. The molecule has 0 heterocycles. The fourth-order valence-electron chi connectivity index (χ4n) is 2.06. The van der Waals surface area contributed by atoms with Crippen molar-refractivity contribution in [1.29, 1.82) is 0 Å². The molecule has 17 heavy (non-hydrogen) atoms. The molecule has 4 heteroatoms. The van der Waals surface area contributed by atoms with Crippen molar-refractivity contribution in [2.24, 2.45) is 5.73 Å². The van der Waals surface area contributed by atoms with Crippen molar-refractivity contribution in [1.82, 2.24) is 0 Å². The van der Waals surface area contributed by atoms with Crippen molar-refractivity contribution in [2.45, 2.75) is 38.1 Å². The zero-order valence-electron chi connectivity index (χ0n) is 9.92. The number of nitrogens with two attached hydrogens (primary N) is 1. The van der Waals surface area contributed by atoms with Crippen molar-refractivity contribution in [3.63, 3.8) is 0 Å². The topological polar surface area (TPSA) is 55.1 Å². The summed E-state index contributed by atoms with van der Waals surface area (Å²) in [7, 11) is 0. The summed E-state index contributed by atoms with van der Waals surface area (Å²) in [5, 5.41) is 3.38. The normalized spacial score (nSPS) is 17.4. The van der Waals surface area contributed by atoms with Crippen LogP contribution in [0.25, 0.3) is 0 Å². The standard InChI is InChI=1S/C13H17ClN2O/c1-9-3-4-10(14)11(7-9)16-12(17)8-13(15)5-2-6-13/h3-4,7H,2,5-6,8,15H2,1H3,(H,16,17).